The van der Waals surface area contributed by atoms with Gasteiger partial charge in [-0.2, -0.15) is 0 Å². The number of benzene rings is 1. The van der Waals surface area contributed by atoms with Crippen molar-refractivity contribution in [2.45, 2.75) is 32.3 Å². The molecule has 0 aromatic heterocycles. The molecule has 0 radical (unpaired) electrons. The summed E-state index contributed by atoms with van der Waals surface area (Å²) >= 11 is 0. The van der Waals surface area contributed by atoms with Gasteiger partial charge in [0, 0.05) is 25.2 Å². The van der Waals surface area contributed by atoms with Crippen molar-refractivity contribution >= 4 is 5.91 Å². The molecule has 1 N–H and O–H groups in total. The van der Waals surface area contributed by atoms with E-state index in [1.165, 1.54) is 0 Å². The van der Waals surface area contributed by atoms with Crippen molar-refractivity contribution in [1.29, 1.82) is 0 Å². The number of rotatable bonds is 4. The van der Waals surface area contributed by atoms with Gasteiger partial charge in [-0.1, -0.05) is 6.92 Å². The molecule has 2 fully saturated rings. The molecule has 2 saturated heterocycles. The molecule has 5 heteroatoms. The van der Waals surface area contributed by atoms with Gasteiger partial charge in [-0.15, -0.1) is 0 Å². The Balaban J connectivity index is 1.54. The number of hydrogen-bond acceptors (Lipinski definition) is 4. The van der Waals surface area contributed by atoms with Crippen LogP contribution in [-0.2, 0) is 4.74 Å². The van der Waals surface area contributed by atoms with Gasteiger partial charge in [0.2, 0.25) is 0 Å². The van der Waals surface area contributed by atoms with E-state index >= 15 is 0 Å². The van der Waals surface area contributed by atoms with Crippen LogP contribution in [0.5, 0.6) is 5.75 Å². The molecule has 5 nitrogen and oxygen atoms in total. The Labute approximate surface area is 144 Å². The maximum Gasteiger partial charge on any atom is 0.253 e. The highest BCUT2D eigenvalue weighted by molar-refractivity contribution is 5.94. The predicted octanol–water partition coefficient (Wildman–Crippen LogP) is 2.36. The molecule has 2 heterocycles. The number of piperidine rings is 1. The van der Waals surface area contributed by atoms with Gasteiger partial charge in [0.25, 0.3) is 5.91 Å². The van der Waals surface area contributed by atoms with Crippen LogP contribution < -0.4 is 0 Å². The first-order chi connectivity index (χ1) is 11.5. The Bertz CT molecular complexity index is 564. The second-order valence-corrected chi connectivity index (χ2v) is 7.33. The van der Waals surface area contributed by atoms with E-state index in [0.29, 0.717) is 11.7 Å². The SMILES string of the molecule is CCN(C)CC1CC2(CCN(C(=O)c3ccc(O)cc3)CC2)CO1. The quantitative estimate of drug-likeness (QED) is 0.920. The number of phenolic OH excluding ortho intramolecular Hbond substituents is 1. The van der Waals surface area contributed by atoms with Crippen molar-refractivity contribution in [3.8, 4) is 5.75 Å². The standard InChI is InChI=1S/C19H28N2O3/c1-3-20(2)13-17-12-19(14-24-17)8-10-21(11-9-19)18(23)15-4-6-16(22)7-5-15/h4-7,17,22H,3,8-14H2,1-2H3. The van der Waals surface area contributed by atoms with E-state index in [4.69, 9.17) is 4.74 Å². The van der Waals surface area contributed by atoms with Crippen LogP contribution in [-0.4, -0.2) is 66.8 Å². The monoisotopic (exact) mass is 332 g/mol. The fraction of sp³-hybridized carbons (Fsp3) is 0.632. The number of aromatic hydroxyl groups is 1. The average Bonchev–Trinajstić information content (AvgIpc) is 2.98. The Morgan fingerprint density at radius 3 is 2.62 bits per heavy atom. The van der Waals surface area contributed by atoms with Crippen molar-refractivity contribution in [1.82, 2.24) is 9.80 Å². The normalized spacial score (nSPS) is 23.1. The van der Waals surface area contributed by atoms with Gasteiger partial charge in [-0.25, -0.2) is 0 Å². The van der Waals surface area contributed by atoms with Crippen LogP contribution in [0.15, 0.2) is 24.3 Å². The van der Waals surface area contributed by atoms with Crippen LogP contribution in [0.3, 0.4) is 0 Å². The summed E-state index contributed by atoms with van der Waals surface area (Å²) in [6.07, 6.45) is 3.47. The highest BCUT2D eigenvalue weighted by Crippen LogP contribution is 2.42. The van der Waals surface area contributed by atoms with Crippen LogP contribution >= 0.6 is 0 Å². The third kappa shape index (κ3) is 3.73. The van der Waals surface area contributed by atoms with Crippen LogP contribution in [0.1, 0.15) is 36.5 Å². The van der Waals surface area contributed by atoms with Crippen LogP contribution in [0.25, 0.3) is 0 Å². The van der Waals surface area contributed by atoms with Gasteiger partial charge < -0.3 is 19.6 Å². The number of carbonyl (C=O) groups excluding carboxylic acids is 1. The minimum absolute atomic E-state index is 0.0611. The van der Waals surface area contributed by atoms with Crippen molar-refractivity contribution in [3.05, 3.63) is 29.8 Å². The van der Waals surface area contributed by atoms with E-state index in [9.17, 15) is 9.90 Å². The zero-order valence-electron chi connectivity index (χ0n) is 14.7. The molecule has 1 aromatic carbocycles. The van der Waals surface area contributed by atoms with Gasteiger partial charge >= 0.3 is 0 Å². The fourth-order valence-electron chi connectivity index (χ4n) is 3.81. The van der Waals surface area contributed by atoms with E-state index in [0.717, 1.165) is 52.0 Å². The maximum absolute atomic E-state index is 12.6. The van der Waals surface area contributed by atoms with Crippen LogP contribution in [0.2, 0.25) is 0 Å². The zero-order chi connectivity index (χ0) is 17.2. The summed E-state index contributed by atoms with van der Waals surface area (Å²) in [5.41, 5.74) is 0.902. The van der Waals surface area contributed by atoms with Crippen LogP contribution in [0.4, 0.5) is 0 Å². The summed E-state index contributed by atoms with van der Waals surface area (Å²) in [6.45, 7) is 6.61. The first kappa shape index (κ1) is 17.2. The van der Waals surface area contributed by atoms with E-state index < -0.39 is 0 Å². The van der Waals surface area contributed by atoms with Gasteiger partial charge in [0.1, 0.15) is 5.75 Å². The number of nitrogens with zero attached hydrogens (tertiary/aromatic N) is 2. The number of likely N-dealkylation sites (tertiary alicyclic amines) is 1. The zero-order valence-corrected chi connectivity index (χ0v) is 14.7. The summed E-state index contributed by atoms with van der Waals surface area (Å²) in [7, 11) is 2.13. The van der Waals surface area contributed by atoms with Gasteiger partial charge in [0.05, 0.1) is 12.7 Å². The minimum atomic E-state index is 0.0611. The van der Waals surface area contributed by atoms with Gasteiger partial charge in [0.15, 0.2) is 0 Å². The molecule has 0 aliphatic carbocycles. The Kier molecular flexibility index (Phi) is 5.11. The molecule has 0 saturated carbocycles. The number of likely N-dealkylation sites (N-methyl/N-ethyl adjacent to an activating group) is 1. The van der Waals surface area contributed by atoms with Gasteiger partial charge in [-0.05, 0) is 62.5 Å². The lowest BCUT2D eigenvalue weighted by Crippen LogP contribution is -2.43. The Morgan fingerprint density at radius 1 is 1.33 bits per heavy atom. The number of ether oxygens (including phenoxy) is 1. The predicted molar refractivity (Wildman–Crippen MR) is 93.2 cm³/mol. The molecule has 132 valence electrons. The molecule has 3 rings (SSSR count). The highest BCUT2D eigenvalue weighted by Gasteiger charge is 2.43. The smallest absolute Gasteiger partial charge is 0.253 e. The lowest BCUT2D eigenvalue weighted by Gasteiger charge is -2.38. The van der Waals surface area contributed by atoms with Crippen molar-refractivity contribution < 1.29 is 14.6 Å². The molecule has 1 spiro atoms. The lowest BCUT2D eigenvalue weighted by molar-refractivity contribution is 0.0463. The van der Waals surface area contributed by atoms with Gasteiger partial charge in [-0.3, -0.25) is 4.79 Å². The molecule has 2 aliphatic heterocycles. The second-order valence-electron chi connectivity index (χ2n) is 7.33. The highest BCUT2D eigenvalue weighted by atomic mass is 16.5. The molecule has 1 aromatic rings. The number of carbonyl (C=O) groups is 1. The lowest BCUT2D eigenvalue weighted by atomic mass is 9.76. The fourth-order valence-corrected chi connectivity index (χ4v) is 3.81. The number of hydrogen-bond donors (Lipinski definition) is 1. The molecule has 1 unspecified atom stereocenters. The average molecular weight is 332 g/mol. The third-order valence-corrected chi connectivity index (χ3v) is 5.57. The summed E-state index contributed by atoms with van der Waals surface area (Å²) in [5.74, 6) is 0.251. The molecule has 0 bridgehead atoms. The Morgan fingerprint density at radius 2 is 2.00 bits per heavy atom. The Hall–Kier alpha value is -1.59. The molecular formula is C19H28N2O3. The first-order valence-corrected chi connectivity index (χ1v) is 8.90. The molecular weight excluding hydrogens is 304 g/mol. The van der Waals surface area contributed by atoms with Crippen molar-refractivity contribution in [2.75, 3.05) is 39.8 Å². The van der Waals surface area contributed by atoms with Crippen molar-refractivity contribution in [3.63, 3.8) is 0 Å². The molecule has 2 aliphatic rings. The maximum atomic E-state index is 12.6. The largest absolute Gasteiger partial charge is 0.508 e. The minimum Gasteiger partial charge on any atom is -0.508 e. The number of amides is 1. The second kappa shape index (κ2) is 7.11. The summed E-state index contributed by atoms with van der Waals surface area (Å²) in [6, 6.07) is 6.52. The first-order valence-electron chi connectivity index (χ1n) is 8.90. The molecule has 24 heavy (non-hydrogen) atoms. The van der Waals surface area contributed by atoms with Crippen LogP contribution in [0, 0.1) is 5.41 Å². The molecule has 1 atom stereocenters. The van der Waals surface area contributed by atoms with E-state index in [2.05, 4.69) is 18.9 Å². The van der Waals surface area contributed by atoms with Crippen molar-refractivity contribution in [2.24, 2.45) is 5.41 Å². The number of phenols is 1. The summed E-state index contributed by atoms with van der Waals surface area (Å²) in [5, 5.41) is 9.35. The summed E-state index contributed by atoms with van der Waals surface area (Å²) < 4.78 is 6.04. The van der Waals surface area contributed by atoms with E-state index in [1.807, 2.05) is 4.90 Å². The van der Waals surface area contributed by atoms with E-state index in [1.54, 1.807) is 24.3 Å². The van der Waals surface area contributed by atoms with E-state index in [-0.39, 0.29) is 17.1 Å². The third-order valence-electron chi connectivity index (χ3n) is 5.57. The summed E-state index contributed by atoms with van der Waals surface area (Å²) in [4.78, 5) is 16.8. The molecule has 1 amide bonds. The topological polar surface area (TPSA) is 53.0 Å².